The van der Waals surface area contributed by atoms with Gasteiger partial charge in [-0.15, -0.1) is 11.3 Å². The average molecular weight is 317 g/mol. The molecule has 2 rings (SSSR count). The van der Waals surface area contributed by atoms with E-state index in [1.165, 1.54) is 17.4 Å². The van der Waals surface area contributed by atoms with Crippen LogP contribution in [0.25, 0.3) is 6.08 Å². The van der Waals surface area contributed by atoms with Gasteiger partial charge in [-0.05, 0) is 23.8 Å². The zero-order valence-corrected chi connectivity index (χ0v) is 12.7. The number of thiazole rings is 1. The van der Waals surface area contributed by atoms with Gasteiger partial charge in [0.05, 0.1) is 0 Å². The number of nitrogens with zero attached hydrogens (tertiary/aromatic N) is 2. The van der Waals surface area contributed by atoms with E-state index in [9.17, 15) is 9.59 Å². The highest BCUT2D eigenvalue weighted by atomic mass is 32.1. The Morgan fingerprint density at radius 1 is 1.36 bits per heavy atom. The van der Waals surface area contributed by atoms with Crippen molar-refractivity contribution in [1.82, 2.24) is 4.57 Å². The van der Waals surface area contributed by atoms with Gasteiger partial charge in [-0.2, -0.15) is 4.99 Å². The van der Waals surface area contributed by atoms with Crippen LogP contribution in [0.5, 0.6) is 5.75 Å². The summed E-state index contributed by atoms with van der Waals surface area (Å²) in [5.74, 6) is -0.317. The first kappa shape index (κ1) is 15.7. The molecule has 2 amide bonds. The minimum Gasteiger partial charge on any atom is -0.484 e. The predicted molar refractivity (Wildman–Crippen MR) is 84.0 cm³/mol. The van der Waals surface area contributed by atoms with Gasteiger partial charge in [0.1, 0.15) is 5.75 Å². The maximum atomic E-state index is 11.7. The minimum absolute atomic E-state index is 0.162. The van der Waals surface area contributed by atoms with Crippen LogP contribution in [0.15, 0.2) is 46.9 Å². The summed E-state index contributed by atoms with van der Waals surface area (Å²) >= 11 is 1.40. The van der Waals surface area contributed by atoms with Crippen LogP contribution >= 0.6 is 11.3 Å². The third-order valence-electron chi connectivity index (χ3n) is 2.65. The Kier molecular flexibility index (Phi) is 5.26. The number of carbonyl (C=O) groups excluding carboxylic acids is 2. The van der Waals surface area contributed by atoms with Gasteiger partial charge in [0.2, 0.25) is 0 Å². The topological polar surface area (TPSA) is 86.7 Å². The van der Waals surface area contributed by atoms with Crippen LogP contribution in [-0.4, -0.2) is 23.0 Å². The molecule has 0 spiro atoms. The fourth-order valence-electron chi connectivity index (χ4n) is 1.56. The number of hydrogen-bond acceptors (Lipinski definition) is 4. The third-order valence-corrected chi connectivity index (χ3v) is 3.49. The molecule has 0 atom stereocenters. The number of benzene rings is 1. The number of aromatic nitrogens is 1. The maximum absolute atomic E-state index is 11.7. The minimum atomic E-state index is -0.530. The Morgan fingerprint density at radius 2 is 2.09 bits per heavy atom. The molecule has 2 N–H and O–H groups in total. The van der Waals surface area contributed by atoms with Crippen molar-refractivity contribution in [3.8, 4) is 5.75 Å². The van der Waals surface area contributed by atoms with Crippen LogP contribution in [-0.2, 0) is 16.6 Å². The highest BCUT2D eigenvalue weighted by Gasteiger charge is 1.98. The Labute approximate surface area is 131 Å². The Balaban J connectivity index is 2.00. The van der Waals surface area contributed by atoms with E-state index in [1.54, 1.807) is 34.9 Å². The fourth-order valence-corrected chi connectivity index (χ4v) is 2.30. The smallest absolute Gasteiger partial charge is 0.272 e. The number of rotatable bonds is 5. The molecule has 1 aromatic heterocycles. The number of hydrogen-bond donors (Lipinski definition) is 1. The second-order valence-electron chi connectivity index (χ2n) is 4.40. The molecule has 0 saturated carbocycles. The van der Waals surface area contributed by atoms with Gasteiger partial charge in [-0.25, -0.2) is 0 Å². The SMILES string of the molecule is Cn1ccsc1=NC(=O)/C=C/c1ccc(OCC(N)=O)cc1. The van der Waals surface area contributed by atoms with Gasteiger partial charge in [-0.3, -0.25) is 9.59 Å². The molecule has 2 aromatic rings. The van der Waals surface area contributed by atoms with Crippen molar-refractivity contribution in [2.45, 2.75) is 0 Å². The van der Waals surface area contributed by atoms with E-state index in [4.69, 9.17) is 10.5 Å². The van der Waals surface area contributed by atoms with Crippen molar-refractivity contribution in [2.75, 3.05) is 6.61 Å². The molecule has 0 fully saturated rings. The quantitative estimate of drug-likeness (QED) is 0.838. The van der Waals surface area contributed by atoms with Crippen molar-refractivity contribution in [1.29, 1.82) is 0 Å². The Hall–Kier alpha value is -2.67. The first-order valence-electron chi connectivity index (χ1n) is 6.42. The summed E-state index contributed by atoms with van der Waals surface area (Å²) in [5, 5.41) is 1.86. The van der Waals surface area contributed by atoms with E-state index >= 15 is 0 Å². The van der Waals surface area contributed by atoms with Gasteiger partial charge in [-0.1, -0.05) is 12.1 Å². The lowest BCUT2D eigenvalue weighted by Gasteiger charge is -2.03. The molecule has 22 heavy (non-hydrogen) atoms. The molecule has 1 heterocycles. The second-order valence-corrected chi connectivity index (χ2v) is 5.28. The molecule has 0 radical (unpaired) electrons. The van der Waals surface area contributed by atoms with Crippen LogP contribution in [0, 0.1) is 0 Å². The van der Waals surface area contributed by atoms with E-state index < -0.39 is 5.91 Å². The number of primary amides is 1. The van der Waals surface area contributed by atoms with Crippen LogP contribution < -0.4 is 15.3 Å². The molecule has 0 aliphatic carbocycles. The first-order valence-corrected chi connectivity index (χ1v) is 7.30. The number of amides is 2. The second kappa shape index (κ2) is 7.37. The summed E-state index contributed by atoms with van der Waals surface area (Å²) in [6, 6.07) is 6.93. The van der Waals surface area contributed by atoms with Gasteiger partial charge in [0.25, 0.3) is 11.8 Å². The van der Waals surface area contributed by atoms with Crippen LogP contribution in [0.3, 0.4) is 0 Å². The molecule has 1 aromatic carbocycles. The third kappa shape index (κ3) is 4.71. The van der Waals surface area contributed by atoms with Gasteiger partial charge in [0.15, 0.2) is 11.4 Å². The van der Waals surface area contributed by atoms with Crippen molar-refractivity contribution in [2.24, 2.45) is 17.8 Å². The summed E-state index contributed by atoms with van der Waals surface area (Å²) in [4.78, 5) is 27.0. The van der Waals surface area contributed by atoms with Crippen molar-refractivity contribution in [3.63, 3.8) is 0 Å². The van der Waals surface area contributed by atoms with Gasteiger partial charge in [0, 0.05) is 24.7 Å². The standard InChI is InChI=1S/C15H15N3O3S/c1-18-8-9-22-15(18)17-14(20)7-4-11-2-5-12(6-3-11)21-10-13(16)19/h2-9H,10H2,1H3,(H2,16,19)/b7-4+,17-15?. The highest BCUT2D eigenvalue weighted by Crippen LogP contribution is 2.13. The zero-order chi connectivity index (χ0) is 15.9. The van der Waals surface area contributed by atoms with Gasteiger partial charge >= 0.3 is 0 Å². The zero-order valence-electron chi connectivity index (χ0n) is 11.9. The number of nitrogens with two attached hydrogens (primary N) is 1. The molecule has 7 heteroatoms. The van der Waals surface area contributed by atoms with Crippen molar-refractivity contribution in [3.05, 3.63) is 52.3 Å². The number of ether oxygens (including phenoxy) is 1. The first-order chi connectivity index (χ1) is 10.5. The lowest BCUT2D eigenvalue weighted by molar-refractivity contribution is -0.120. The molecular weight excluding hydrogens is 302 g/mol. The highest BCUT2D eigenvalue weighted by molar-refractivity contribution is 7.07. The van der Waals surface area contributed by atoms with Crippen LogP contribution in [0.4, 0.5) is 0 Å². The van der Waals surface area contributed by atoms with E-state index in [1.807, 2.05) is 18.6 Å². The number of aryl methyl sites for hydroxylation is 1. The predicted octanol–water partition coefficient (Wildman–Crippen LogP) is 1.09. The van der Waals surface area contributed by atoms with Crippen LogP contribution in [0.1, 0.15) is 5.56 Å². The van der Waals surface area contributed by atoms with Gasteiger partial charge < -0.3 is 15.0 Å². The molecule has 0 saturated heterocycles. The summed E-state index contributed by atoms with van der Waals surface area (Å²) in [6.45, 7) is -0.162. The molecule has 114 valence electrons. The summed E-state index contributed by atoms with van der Waals surface area (Å²) in [6.07, 6.45) is 4.90. The fraction of sp³-hybridized carbons (Fsp3) is 0.133. The number of carbonyl (C=O) groups is 2. The molecular formula is C15H15N3O3S. The summed E-state index contributed by atoms with van der Waals surface area (Å²) in [5.41, 5.74) is 5.82. The van der Waals surface area contributed by atoms with E-state index in [-0.39, 0.29) is 12.5 Å². The Morgan fingerprint density at radius 3 is 2.68 bits per heavy atom. The van der Waals surface area contributed by atoms with E-state index in [0.717, 1.165) is 5.56 Å². The Bertz CT molecular complexity index is 757. The molecule has 0 aliphatic rings. The lowest BCUT2D eigenvalue weighted by Crippen LogP contribution is -2.19. The monoisotopic (exact) mass is 317 g/mol. The largest absolute Gasteiger partial charge is 0.484 e. The lowest BCUT2D eigenvalue weighted by atomic mass is 10.2. The summed E-state index contributed by atoms with van der Waals surface area (Å²) in [7, 11) is 1.83. The molecule has 0 aliphatic heterocycles. The average Bonchev–Trinajstić information content (AvgIpc) is 2.89. The molecule has 0 unspecified atom stereocenters. The van der Waals surface area contributed by atoms with Crippen LogP contribution in [0.2, 0.25) is 0 Å². The molecule has 0 bridgehead atoms. The van der Waals surface area contributed by atoms with E-state index in [0.29, 0.717) is 10.6 Å². The van der Waals surface area contributed by atoms with Crippen molar-refractivity contribution >= 4 is 29.2 Å². The summed E-state index contributed by atoms with van der Waals surface area (Å²) < 4.78 is 6.92. The normalized spacial score (nSPS) is 11.8. The maximum Gasteiger partial charge on any atom is 0.272 e. The van der Waals surface area contributed by atoms with E-state index in [2.05, 4.69) is 4.99 Å². The van der Waals surface area contributed by atoms with Crippen molar-refractivity contribution < 1.29 is 14.3 Å². The molecule has 6 nitrogen and oxygen atoms in total.